The molecule has 0 heterocycles. The first-order valence-electron chi connectivity index (χ1n) is 9.04. The van der Waals surface area contributed by atoms with Gasteiger partial charge in [-0.1, -0.05) is 0 Å². The lowest BCUT2D eigenvalue weighted by atomic mass is 9.87. The van der Waals surface area contributed by atoms with Gasteiger partial charge in [-0.15, -0.1) is 0 Å². The van der Waals surface area contributed by atoms with Crippen LogP contribution >= 0.6 is 0 Å². The second-order valence-corrected chi connectivity index (χ2v) is 7.36. The van der Waals surface area contributed by atoms with Gasteiger partial charge in [0, 0.05) is 45.0 Å². The highest BCUT2D eigenvalue weighted by Crippen LogP contribution is 2.46. The molecule has 16 N–H and O–H groups in total. The number of hydrogen-bond donors (Lipinski definition) is 8. The Morgan fingerprint density at radius 2 is 0.759 bits per heavy atom. The van der Waals surface area contributed by atoms with Crippen LogP contribution < -0.4 is 45.9 Å². The van der Waals surface area contributed by atoms with E-state index in [0.29, 0.717) is 73.3 Å². The van der Waals surface area contributed by atoms with Crippen LogP contribution in [0.1, 0.15) is 16.7 Å². The minimum Gasteiger partial charge on any atom is -0.398 e. The summed E-state index contributed by atoms with van der Waals surface area (Å²) in [6.07, 6.45) is 0. The molecule has 3 rings (SSSR count). The Bertz CT molecular complexity index is 1160. The molecule has 3 aromatic rings. The maximum atomic E-state index is 6.52. The summed E-state index contributed by atoms with van der Waals surface area (Å²) < 4.78 is 0. The zero-order valence-electron chi connectivity index (χ0n) is 16.9. The summed E-state index contributed by atoms with van der Waals surface area (Å²) in [5.41, 5.74) is 58.4. The van der Waals surface area contributed by atoms with E-state index in [1.54, 1.807) is 18.2 Å². The molecule has 8 heteroatoms. The van der Waals surface area contributed by atoms with Gasteiger partial charge in [-0.05, 0) is 55.7 Å². The first-order chi connectivity index (χ1) is 13.5. The maximum absolute atomic E-state index is 6.52. The summed E-state index contributed by atoms with van der Waals surface area (Å²) in [6, 6.07) is 5.11. The lowest BCUT2D eigenvalue weighted by Gasteiger charge is -2.22. The zero-order chi connectivity index (χ0) is 21.8. The molecule has 0 amide bonds. The summed E-state index contributed by atoms with van der Waals surface area (Å²) in [7, 11) is 0. The van der Waals surface area contributed by atoms with Crippen molar-refractivity contribution in [3.05, 3.63) is 34.9 Å². The summed E-state index contributed by atoms with van der Waals surface area (Å²) in [4.78, 5) is 0. The maximum Gasteiger partial charge on any atom is 0.0598 e. The molecule has 0 aromatic heterocycles. The normalized spacial score (nSPS) is 11.0. The zero-order valence-corrected chi connectivity index (χ0v) is 16.9. The third kappa shape index (κ3) is 2.85. The van der Waals surface area contributed by atoms with Crippen molar-refractivity contribution < 1.29 is 0 Å². The van der Waals surface area contributed by atoms with Crippen molar-refractivity contribution in [1.29, 1.82) is 0 Å². The molecule has 0 aliphatic heterocycles. The fourth-order valence-corrected chi connectivity index (χ4v) is 3.75. The summed E-state index contributed by atoms with van der Waals surface area (Å²) >= 11 is 0. The molecule has 0 atom stereocenters. The molecule has 0 aliphatic rings. The Hall–Kier alpha value is -3.94. The minimum atomic E-state index is 0.421. The number of rotatable bonds is 2. The largest absolute Gasteiger partial charge is 0.398 e. The van der Waals surface area contributed by atoms with Crippen LogP contribution in [0, 0.1) is 20.8 Å². The molecule has 29 heavy (non-hydrogen) atoms. The van der Waals surface area contributed by atoms with E-state index in [0.717, 1.165) is 11.1 Å². The molecule has 0 fully saturated rings. The fraction of sp³-hybridized carbons (Fsp3) is 0.143. The third-order valence-electron chi connectivity index (χ3n) is 5.60. The highest BCUT2D eigenvalue weighted by atomic mass is 14.7. The molecule has 152 valence electrons. The van der Waals surface area contributed by atoms with E-state index in [4.69, 9.17) is 45.9 Å². The van der Waals surface area contributed by atoms with Crippen molar-refractivity contribution >= 4 is 45.5 Å². The lowest BCUT2D eigenvalue weighted by molar-refractivity contribution is 1.41. The van der Waals surface area contributed by atoms with E-state index in [1.807, 2.05) is 20.8 Å². The predicted octanol–water partition coefficient (Wildman–Crippen LogP) is 2.60. The number of hydrogen-bond acceptors (Lipinski definition) is 8. The van der Waals surface area contributed by atoms with Gasteiger partial charge >= 0.3 is 0 Å². The van der Waals surface area contributed by atoms with Gasteiger partial charge in [-0.25, -0.2) is 0 Å². The summed E-state index contributed by atoms with van der Waals surface area (Å²) in [5.74, 6) is 0. The standard InChI is InChI=1S/C21H28N8/c1-7-16(11-5-14(24)21(29)9(3)19(11)27)12(22)4-10(18(7)26)17-8(2)20(28)15(25)6-13(17)23/h4-6H,22-29H2,1-3H3. The average molecular weight is 393 g/mol. The Kier molecular flexibility index (Phi) is 4.50. The van der Waals surface area contributed by atoms with E-state index < -0.39 is 0 Å². The number of benzene rings is 3. The van der Waals surface area contributed by atoms with Crippen LogP contribution in [0.3, 0.4) is 0 Å². The summed E-state index contributed by atoms with van der Waals surface area (Å²) in [5, 5.41) is 0. The van der Waals surface area contributed by atoms with Crippen molar-refractivity contribution in [3.63, 3.8) is 0 Å². The highest BCUT2D eigenvalue weighted by molar-refractivity contribution is 6.01. The van der Waals surface area contributed by atoms with Crippen LogP contribution in [-0.4, -0.2) is 0 Å². The van der Waals surface area contributed by atoms with Crippen LogP contribution in [-0.2, 0) is 0 Å². The highest BCUT2D eigenvalue weighted by Gasteiger charge is 2.21. The van der Waals surface area contributed by atoms with Gasteiger partial charge in [0.25, 0.3) is 0 Å². The first-order valence-corrected chi connectivity index (χ1v) is 9.04. The topological polar surface area (TPSA) is 208 Å². The molecule has 0 saturated carbocycles. The Labute approximate surface area is 169 Å². The monoisotopic (exact) mass is 392 g/mol. The average Bonchev–Trinajstić information content (AvgIpc) is 2.66. The van der Waals surface area contributed by atoms with Gasteiger partial charge in [0.1, 0.15) is 0 Å². The molecular formula is C21H28N8. The Morgan fingerprint density at radius 1 is 0.414 bits per heavy atom. The van der Waals surface area contributed by atoms with Crippen LogP contribution in [0.4, 0.5) is 45.5 Å². The van der Waals surface area contributed by atoms with E-state index in [-0.39, 0.29) is 0 Å². The number of nitrogen functional groups attached to an aromatic ring is 8. The SMILES string of the molecule is Cc1c(N)c(N)cc(-c2c(N)cc(-c3c(N)cc(N)c(N)c3C)c(N)c2C)c1N. The molecule has 0 bridgehead atoms. The van der Waals surface area contributed by atoms with Gasteiger partial charge in [0.05, 0.1) is 22.7 Å². The van der Waals surface area contributed by atoms with Gasteiger partial charge in [0.15, 0.2) is 0 Å². The fourth-order valence-electron chi connectivity index (χ4n) is 3.75. The predicted molar refractivity (Wildman–Crippen MR) is 127 cm³/mol. The quantitative estimate of drug-likeness (QED) is 0.303. The van der Waals surface area contributed by atoms with Gasteiger partial charge in [-0.3, -0.25) is 0 Å². The van der Waals surface area contributed by atoms with Crippen molar-refractivity contribution in [3.8, 4) is 22.3 Å². The lowest BCUT2D eigenvalue weighted by Crippen LogP contribution is -2.08. The second-order valence-electron chi connectivity index (χ2n) is 7.36. The van der Waals surface area contributed by atoms with Gasteiger partial charge < -0.3 is 45.9 Å². The molecule has 0 saturated heterocycles. The molecular weight excluding hydrogens is 364 g/mol. The second kappa shape index (κ2) is 6.59. The van der Waals surface area contributed by atoms with E-state index in [2.05, 4.69) is 0 Å². The van der Waals surface area contributed by atoms with Gasteiger partial charge in [0.2, 0.25) is 0 Å². The Balaban J connectivity index is 2.35. The van der Waals surface area contributed by atoms with Crippen LogP contribution in [0.15, 0.2) is 18.2 Å². The van der Waals surface area contributed by atoms with Crippen molar-refractivity contribution in [2.45, 2.75) is 20.8 Å². The van der Waals surface area contributed by atoms with E-state index in [9.17, 15) is 0 Å². The van der Waals surface area contributed by atoms with Crippen LogP contribution in [0.25, 0.3) is 22.3 Å². The van der Waals surface area contributed by atoms with Gasteiger partial charge in [-0.2, -0.15) is 0 Å². The van der Waals surface area contributed by atoms with Crippen molar-refractivity contribution in [2.75, 3.05) is 45.9 Å². The molecule has 0 radical (unpaired) electrons. The molecule has 0 aliphatic carbocycles. The van der Waals surface area contributed by atoms with E-state index in [1.165, 1.54) is 0 Å². The van der Waals surface area contributed by atoms with E-state index >= 15 is 0 Å². The molecule has 0 unspecified atom stereocenters. The molecule has 0 spiro atoms. The number of anilines is 8. The summed E-state index contributed by atoms with van der Waals surface area (Å²) in [6.45, 7) is 5.53. The van der Waals surface area contributed by atoms with Crippen molar-refractivity contribution in [2.24, 2.45) is 0 Å². The van der Waals surface area contributed by atoms with Crippen LogP contribution in [0.5, 0.6) is 0 Å². The smallest absolute Gasteiger partial charge is 0.0598 e. The number of nitrogens with two attached hydrogens (primary N) is 8. The first kappa shape index (κ1) is 19.8. The minimum absolute atomic E-state index is 0.421. The van der Waals surface area contributed by atoms with Crippen molar-refractivity contribution in [1.82, 2.24) is 0 Å². The third-order valence-corrected chi connectivity index (χ3v) is 5.60. The molecule has 3 aromatic carbocycles. The van der Waals surface area contributed by atoms with Crippen LogP contribution in [0.2, 0.25) is 0 Å². The molecule has 8 nitrogen and oxygen atoms in total. The Morgan fingerprint density at radius 3 is 1.31 bits per heavy atom.